The van der Waals surface area contributed by atoms with E-state index in [1.807, 2.05) is 0 Å². The van der Waals surface area contributed by atoms with E-state index in [1.54, 1.807) is 13.1 Å². The fourth-order valence-electron chi connectivity index (χ4n) is 1.26. The minimum absolute atomic E-state index is 0.0425. The van der Waals surface area contributed by atoms with Crippen molar-refractivity contribution in [3.8, 4) is 0 Å². The summed E-state index contributed by atoms with van der Waals surface area (Å²) in [4.78, 5) is 28.4. The molecule has 7 nitrogen and oxygen atoms in total. The van der Waals surface area contributed by atoms with Crippen LogP contribution in [0.2, 0.25) is 0 Å². The molecule has 94 valence electrons. The fraction of sp³-hybridized carbons (Fsp3) is 0.500. The van der Waals surface area contributed by atoms with Crippen LogP contribution in [0.15, 0.2) is 12.5 Å². The first kappa shape index (κ1) is 13.0. The first-order chi connectivity index (χ1) is 8.08. The molecule has 1 aromatic rings. The van der Waals surface area contributed by atoms with Crippen LogP contribution < -0.4 is 10.6 Å². The molecule has 0 aromatic carbocycles. The molecule has 1 aromatic heterocycles. The molecule has 0 aliphatic rings. The number of nitrogens with one attached hydrogen (secondary N) is 3. The molecule has 0 spiro atoms. The number of aromatic nitrogens is 2. The SMILES string of the molecule is CC(CNC(=O)NCc1cnc[nH]1)CC(=O)O. The first-order valence-electron chi connectivity index (χ1n) is 5.28. The Kier molecular flexibility index (Phi) is 4.99. The summed E-state index contributed by atoms with van der Waals surface area (Å²) in [5.41, 5.74) is 0.804. The molecule has 2 amide bonds. The Bertz CT molecular complexity index is 364. The Morgan fingerprint density at radius 3 is 2.88 bits per heavy atom. The maximum atomic E-state index is 11.3. The predicted molar refractivity (Wildman–Crippen MR) is 60.2 cm³/mol. The number of urea groups is 1. The number of nitrogens with zero attached hydrogens (tertiary/aromatic N) is 1. The summed E-state index contributed by atoms with van der Waals surface area (Å²) in [6.45, 7) is 2.46. The second kappa shape index (κ2) is 6.51. The molecule has 7 heteroatoms. The third-order valence-electron chi connectivity index (χ3n) is 2.13. The van der Waals surface area contributed by atoms with Crippen molar-refractivity contribution < 1.29 is 14.7 Å². The first-order valence-corrected chi connectivity index (χ1v) is 5.28. The van der Waals surface area contributed by atoms with Gasteiger partial charge < -0.3 is 20.7 Å². The van der Waals surface area contributed by atoms with Gasteiger partial charge in [0.05, 0.1) is 18.6 Å². The Hall–Kier alpha value is -2.05. The molecule has 17 heavy (non-hydrogen) atoms. The highest BCUT2D eigenvalue weighted by Crippen LogP contribution is 1.99. The number of hydrogen-bond acceptors (Lipinski definition) is 3. The third kappa shape index (κ3) is 5.55. The summed E-state index contributed by atoms with van der Waals surface area (Å²) in [6, 6.07) is -0.322. The summed E-state index contributed by atoms with van der Waals surface area (Å²) in [5.74, 6) is -0.956. The van der Waals surface area contributed by atoms with E-state index in [0.717, 1.165) is 5.69 Å². The van der Waals surface area contributed by atoms with E-state index in [-0.39, 0.29) is 18.4 Å². The van der Waals surface area contributed by atoms with E-state index in [1.165, 1.54) is 6.33 Å². The van der Waals surface area contributed by atoms with Gasteiger partial charge in [-0.3, -0.25) is 4.79 Å². The van der Waals surface area contributed by atoms with Crippen molar-refractivity contribution in [3.05, 3.63) is 18.2 Å². The van der Waals surface area contributed by atoms with Crippen LogP contribution in [0.4, 0.5) is 4.79 Å². The fourth-order valence-corrected chi connectivity index (χ4v) is 1.26. The van der Waals surface area contributed by atoms with Crippen LogP contribution in [0.5, 0.6) is 0 Å². The summed E-state index contributed by atoms with van der Waals surface area (Å²) in [6.07, 6.45) is 3.19. The van der Waals surface area contributed by atoms with Gasteiger partial charge in [0.1, 0.15) is 0 Å². The lowest BCUT2D eigenvalue weighted by molar-refractivity contribution is -0.137. The quantitative estimate of drug-likeness (QED) is 0.574. The highest BCUT2D eigenvalue weighted by Gasteiger charge is 2.09. The zero-order chi connectivity index (χ0) is 12.7. The normalized spacial score (nSPS) is 11.8. The zero-order valence-electron chi connectivity index (χ0n) is 9.56. The molecule has 0 saturated heterocycles. The molecule has 1 heterocycles. The second-order valence-corrected chi connectivity index (χ2v) is 3.84. The minimum Gasteiger partial charge on any atom is -0.481 e. The Labute approximate surface area is 98.6 Å². The Morgan fingerprint density at radius 2 is 2.29 bits per heavy atom. The number of rotatable bonds is 6. The summed E-state index contributed by atoms with van der Waals surface area (Å²) in [5, 5.41) is 13.8. The third-order valence-corrected chi connectivity index (χ3v) is 2.13. The Balaban J connectivity index is 2.15. The van der Waals surface area contributed by atoms with Crippen LogP contribution >= 0.6 is 0 Å². The number of amides is 2. The maximum Gasteiger partial charge on any atom is 0.315 e. The van der Waals surface area contributed by atoms with Crippen LogP contribution in [0, 0.1) is 5.92 Å². The number of hydrogen-bond donors (Lipinski definition) is 4. The number of aliphatic carboxylic acids is 1. The van der Waals surface area contributed by atoms with E-state index >= 15 is 0 Å². The highest BCUT2D eigenvalue weighted by molar-refractivity contribution is 5.73. The van der Waals surface area contributed by atoms with Gasteiger partial charge in [-0.15, -0.1) is 0 Å². The van der Waals surface area contributed by atoms with E-state index in [4.69, 9.17) is 5.11 Å². The van der Waals surface area contributed by atoms with Crippen molar-refractivity contribution in [1.82, 2.24) is 20.6 Å². The Morgan fingerprint density at radius 1 is 1.53 bits per heavy atom. The number of carbonyl (C=O) groups excluding carboxylic acids is 1. The van der Waals surface area contributed by atoms with Gasteiger partial charge in [-0.05, 0) is 5.92 Å². The number of H-pyrrole nitrogens is 1. The highest BCUT2D eigenvalue weighted by atomic mass is 16.4. The van der Waals surface area contributed by atoms with Crippen molar-refractivity contribution in [3.63, 3.8) is 0 Å². The van der Waals surface area contributed by atoms with E-state index in [0.29, 0.717) is 13.1 Å². The van der Waals surface area contributed by atoms with Gasteiger partial charge in [-0.2, -0.15) is 0 Å². The largest absolute Gasteiger partial charge is 0.481 e. The molecule has 0 aliphatic carbocycles. The lowest BCUT2D eigenvalue weighted by Crippen LogP contribution is -2.37. The molecule has 1 rings (SSSR count). The molecule has 0 fully saturated rings. The summed E-state index contributed by atoms with van der Waals surface area (Å²) >= 11 is 0. The van der Waals surface area contributed by atoms with E-state index in [9.17, 15) is 9.59 Å². The van der Waals surface area contributed by atoms with Crippen LogP contribution in [0.25, 0.3) is 0 Å². The predicted octanol–water partition coefficient (Wildman–Crippen LogP) is 0.320. The van der Waals surface area contributed by atoms with Gasteiger partial charge in [-0.1, -0.05) is 6.92 Å². The van der Waals surface area contributed by atoms with Crippen LogP contribution in [0.3, 0.4) is 0 Å². The van der Waals surface area contributed by atoms with Crippen LogP contribution in [0.1, 0.15) is 19.0 Å². The van der Waals surface area contributed by atoms with Crippen molar-refractivity contribution >= 4 is 12.0 Å². The number of carboxylic acids is 1. The molecule has 0 bridgehead atoms. The van der Waals surface area contributed by atoms with Crippen LogP contribution in [-0.2, 0) is 11.3 Å². The number of imidazole rings is 1. The molecular weight excluding hydrogens is 224 g/mol. The molecule has 0 radical (unpaired) electrons. The lowest BCUT2D eigenvalue weighted by atomic mass is 10.1. The van der Waals surface area contributed by atoms with Gasteiger partial charge in [0, 0.05) is 19.2 Å². The maximum absolute atomic E-state index is 11.3. The van der Waals surface area contributed by atoms with Gasteiger partial charge in [0.25, 0.3) is 0 Å². The van der Waals surface area contributed by atoms with Crippen molar-refractivity contribution in [2.45, 2.75) is 19.9 Å². The molecule has 0 aliphatic heterocycles. The van der Waals surface area contributed by atoms with Gasteiger partial charge >= 0.3 is 12.0 Å². The van der Waals surface area contributed by atoms with Crippen molar-refractivity contribution in [2.24, 2.45) is 5.92 Å². The monoisotopic (exact) mass is 240 g/mol. The van der Waals surface area contributed by atoms with Crippen LogP contribution in [-0.4, -0.2) is 33.6 Å². The van der Waals surface area contributed by atoms with Crippen molar-refractivity contribution in [1.29, 1.82) is 0 Å². The smallest absolute Gasteiger partial charge is 0.315 e. The zero-order valence-corrected chi connectivity index (χ0v) is 9.56. The molecule has 1 unspecified atom stereocenters. The summed E-state index contributed by atoms with van der Waals surface area (Å²) in [7, 11) is 0. The topological polar surface area (TPSA) is 107 Å². The van der Waals surface area contributed by atoms with Gasteiger partial charge in [0.15, 0.2) is 0 Å². The standard InChI is InChI=1S/C10H16N4O3/c1-7(2-9(15)16)3-12-10(17)13-5-8-4-11-6-14-8/h4,6-7H,2-3,5H2,1H3,(H,11,14)(H,15,16)(H2,12,13,17). The second-order valence-electron chi connectivity index (χ2n) is 3.84. The molecule has 0 saturated carbocycles. The number of aromatic amines is 1. The van der Waals surface area contributed by atoms with Gasteiger partial charge in [0.2, 0.25) is 0 Å². The molecule has 1 atom stereocenters. The summed E-state index contributed by atoms with van der Waals surface area (Å²) < 4.78 is 0. The van der Waals surface area contributed by atoms with Gasteiger partial charge in [-0.25, -0.2) is 9.78 Å². The average Bonchev–Trinajstić information content (AvgIpc) is 2.75. The molecular formula is C10H16N4O3. The van der Waals surface area contributed by atoms with E-state index < -0.39 is 5.97 Å². The van der Waals surface area contributed by atoms with Crippen molar-refractivity contribution in [2.75, 3.05) is 6.54 Å². The lowest BCUT2D eigenvalue weighted by Gasteiger charge is -2.10. The molecule has 4 N–H and O–H groups in total. The van der Waals surface area contributed by atoms with E-state index in [2.05, 4.69) is 20.6 Å². The number of carboxylic acid groups (broad SMARTS) is 1. The minimum atomic E-state index is -0.864. The number of carbonyl (C=O) groups is 2. The average molecular weight is 240 g/mol.